The summed E-state index contributed by atoms with van der Waals surface area (Å²) in [6, 6.07) is 16.0. The number of nitrogens with zero attached hydrogens (tertiary/aromatic N) is 1. The average Bonchev–Trinajstić information content (AvgIpc) is 2.58. The number of amides is 2. The molecule has 23 heavy (non-hydrogen) atoms. The zero-order valence-electron chi connectivity index (χ0n) is 13.6. The van der Waals surface area contributed by atoms with Crippen LogP contribution in [0.5, 0.6) is 0 Å². The minimum absolute atomic E-state index is 0.0619. The fraction of sp³-hybridized carbons (Fsp3) is 0.316. The molecule has 2 aromatic carbocycles. The van der Waals surface area contributed by atoms with Gasteiger partial charge in [0.1, 0.15) is 6.10 Å². The molecule has 0 aliphatic carbocycles. The van der Waals surface area contributed by atoms with Gasteiger partial charge in [0.15, 0.2) is 0 Å². The Morgan fingerprint density at radius 3 is 2.30 bits per heavy atom. The molecule has 4 nitrogen and oxygen atoms in total. The van der Waals surface area contributed by atoms with Crippen LogP contribution >= 0.6 is 0 Å². The number of ether oxygens (including phenoxy) is 1. The molecule has 0 aromatic heterocycles. The van der Waals surface area contributed by atoms with E-state index in [0.717, 1.165) is 11.3 Å². The smallest absolute Gasteiger partial charge is 0.322 e. The predicted octanol–water partition coefficient (Wildman–Crippen LogP) is 3.91. The normalized spacial score (nSPS) is 17.8. The van der Waals surface area contributed by atoms with Gasteiger partial charge >= 0.3 is 6.03 Å². The predicted molar refractivity (Wildman–Crippen MR) is 91.6 cm³/mol. The molecule has 1 unspecified atom stereocenters. The number of nitrogens with one attached hydrogen (secondary N) is 1. The lowest BCUT2D eigenvalue weighted by Gasteiger charge is -2.33. The van der Waals surface area contributed by atoms with Crippen LogP contribution in [0.3, 0.4) is 0 Å². The van der Waals surface area contributed by atoms with E-state index >= 15 is 0 Å². The van der Waals surface area contributed by atoms with Crippen LogP contribution < -0.4 is 5.32 Å². The molecule has 2 aromatic rings. The van der Waals surface area contributed by atoms with Crippen molar-refractivity contribution in [2.24, 2.45) is 0 Å². The fourth-order valence-corrected chi connectivity index (χ4v) is 2.66. The zero-order valence-corrected chi connectivity index (χ0v) is 13.6. The van der Waals surface area contributed by atoms with E-state index in [1.807, 2.05) is 36.1 Å². The van der Waals surface area contributed by atoms with Gasteiger partial charge in [-0.3, -0.25) is 0 Å². The van der Waals surface area contributed by atoms with E-state index in [2.05, 4.69) is 36.5 Å². The zero-order chi connectivity index (χ0) is 16.2. The monoisotopic (exact) mass is 310 g/mol. The van der Waals surface area contributed by atoms with Gasteiger partial charge in [-0.15, -0.1) is 0 Å². The van der Waals surface area contributed by atoms with E-state index in [0.29, 0.717) is 19.7 Å². The summed E-state index contributed by atoms with van der Waals surface area (Å²) in [6.07, 6.45) is -0.0619. The van der Waals surface area contributed by atoms with Crippen molar-refractivity contribution < 1.29 is 9.53 Å². The summed E-state index contributed by atoms with van der Waals surface area (Å²) >= 11 is 0. The van der Waals surface area contributed by atoms with Crippen molar-refractivity contribution in [2.75, 3.05) is 25.0 Å². The van der Waals surface area contributed by atoms with Gasteiger partial charge in [0.25, 0.3) is 0 Å². The Morgan fingerprint density at radius 2 is 1.65 bits per heavy atom. The van der Waals surface area contributed by atoms with Crippen molar-refractivity contribution in [3.8, 4) is 0 Å². The first kappa shape index (κ1) is 15.6. The number of carbonyl (C=O) groups is 1. The second kappa shape index (κ2) is 6.84. The van der Waals surface area contributed by atoms with Crippen molar-refractivity contribution in [2.45, 2.75) is 20.0 Å². The maximum Gasteiger partial charge on any atom is 0.322 e. The molecule has 3 rings (SSSR count). The second-order valence-corrected chi connectivity index (χ2v) is 6.01. The van der Waals surface area contributed by atoms with Crippen LogP contribution in [0.2, 0.25) is 0 Å². The fourth-order valence-electron chi connectivity index (χ4n) is 2.66. The maximum absolute atomic E-state index is 12.4. The summed E-state index contributed by atoms with van der Waals surface area (Å²) in [5.74, 6) is 0. The van der Waals surface area contributed by atoms with Crippen LogP contribution in [-0.4, -0.2) is 30.6 Å². The molecule has 4 heteroatoms. The first-order chi connectivity index (χ1) is 11.1. The van der Waals surface area contributed by atoms with Gasteiger partial charge in [-0.2, -0.15) is 0 Å². The van der Waals surface area contributed by atoms with Crippen LogP contribution in [0.4, 0.5) is 10.5 Å². The standard InChI is InChI=1S/C19H22N2O2/c1-14-3-7-16(8-4-14)18-13-21(11-12-23-18)19(22)20-17-9-5-15(2)6-10-17/h3-10,18H,11-13H2,1-2H3,(H,20,22). The van der Waals surface area contributed by atoms with Crippen LogP contribution in [0.25, 0.3) is 0 Å². The first-order valence-corrected chi connectivity index (χ1v) is 7.92. The highest BCUT2D eigenvalue weighted by Gasteiger charge is 2.25. The molecule has 0 bridgehead atoms. The van der Waals surface area contributed by atoms with Crippen molar-refractivity contribution in [1.29, 1.82) is 0 Å². The van der Waals surface area contributed by atoms with Crippen LogP contribution in [0.1, 0.15) is 22.8 Å². The second-order valence-electron chi connectivity index (χ2n) is 6.01. The average molecular weight is 310 g/mol. The van der Waals surface area contributed by atoms with E-state index in [1.165, 1.54) is 11.1 Å². The van der Waals surface area contributed by atoms with Crippen LogP contribution in [-0.2, 0) is 4.74 Å². The lowest BCUT2D eigenvalue weighted by Crippen LogP contribution is -2.44. The van der Waals surface area contributed by atoms with Gasteiger partial charge in [-0.1, -0.05) is 47.5 Å². The van der Waals surface area contributed by atoms with Gasteiger partial charge < -0.3 is 15.0 Å². The molecule has 0 spiro atoms. The number of hydrogen-bond donors (Lipinski definition) is 1. The Balaban J connectivity index is 1.64. The lowest BCUT2D eigenvalue weighted by molar-refractivity contribution is -0.0135. The summed E-state index contributed by atoms with van der Waals surface area (Å²) in [6.45, 7) is 5.83. The highest BCUT2D eigenvalue weighted by molar-refractivity contribution is 5.89. The Morgan fingerprint density at radius 1 is 1.04 bits per heavy atom. The Hall–Kier alpha value is -2.33. The third kappa shape index (κ3) is 3.90. The van der Waals surface area contributed by atoms with Crippen LogP contribution in [0, 0.1) is 13.8 Å². The van der Waals surface area contributed by atoms with Gasteiger partial charge in [-0.05, 0) is 31.5 Å². The molecule has 1 atom stereocenters. The van der Waals surface area contributed by atoms with E-state index in [4.69, 9.17) is 4.74 Å². The maximum atomic E-state index is 12.4. The molecule has 1 aliphatic heterocycles. The molecule has 1 N–H and O–H groups in total. The van der Waals surface area contributed by atoms with Crippen molar-refractivity contribution in [3.63, 3.8) is 0 Å². The minimum Gasteiger partial charge on any atom is -0.370 e. The van der Waals surface area contributed by atoms with Gasteiger partial charge in [0.05, 0.1) is 13.2 Å². The number of hydrogen-bond acceptors (Lipinski definition) is 2. The molecule has 2 amide bonds. The molecule has 0 radical (unpaired) electrons. The summed E-state index contributed by atoms with van der Waals surface area (Å²) in [4.78, 5) is 14.3. The highest BCUT2D eigenvalue weighted by atomic mass is 16.5. The van der Waals surface area contributed by atoms with Crippen molar-refractivity contribution >= 4 is 11.7 Å². The molecule has 1 fully saturated rings. The van der Waals surface area contributed by atoms with Crippen LogP contribution in [0.15, 0.2) is 48.5 Å². The van der Waals surface area contributed by atoms with E-state index in [-0.39, 0.29) is 12.1 Å². The van der Waals surface area contributed by atoms with Gasteiger partial charge in [0, 0.05) is 12.2 Å². The number of carbonyl (C=O) groups excluding carboxylic acids is 1. The van der Waals surface area contributed by atoms with Crippen molar-refractivity contribution in [1.82, 2.24) is 4.90 Å². The summed E-state index contributed by atoms with van der Waals surface area (Å²) in [7, 11) is 0. The first-order valence-electron chi connectivity index (χ1n) is 7.92. The largest absolute Gasteiger partial charge is 0.370 e. The molecule has 1 heterocycles. The summed E-state index contributed by atoms with van der Waals surface area (Å²) < 4.78 is 5.83. The third-order valence-corrected chi connectivity index (χ3v) is 4.11. The molecular weight excluding hydrogens is 288 g/mol. The van der Waals surface area contributed by atoms with Gasteiger partial charge in [0.2, 0.25) is 0 Å². The summed E-state index contributed by atoms with van der Waals surface area (Å²) in [5.41, 5.74) is 4.33. The molecular formula is C19H22N2O2. The Bertz CT molecular complexity index is 665. The number of anilines is 1. The van der Waals surface area contributed by atoms with E-state index < -0.39 is 0 Å². The van der Waals surface area contributed by atoms with E-state index in [9.17, 15) is 4.79 Å². The van der Waals surface area contributed by atoms with E-state index in [1.54, 1.807) is 0 Å². The molecule has 1 aliphatic rings. The highest BCUT2D eigenvalue weighted by Crippen LogP contribution is 2.23. The number of aryl methyl sites for hydroxylation is 2. The third-order valence-electron chi connectivity index (χ3n) is 4.11. The summed E-state index contributed by atoms with van der Waals surface area (Å²) in [5, 5.41) is 2.95. The number of benzene rings is 2. The topological polar surface area (TPSA) is 41.6 Å². The SMILES string of the molecule is Cc1ccc(NC(=O)N2CCOC(c3ccc(C)cc3)C2)cc1. The number of urea groups is 1. The molecule has 1 saturated heterocycles. The lowest BCUT2D eigenvalue weighted by atomic mass is 10.1. The Labute approximate surface area is 137 Å². The molecule has 0 saturated carbocycles. The minimum atomic E-state index is -0.0748. The van der Waals surface area contributed by atoms with Gasteiger partial charge in [-0.25, -0.2) is 4.79 Å². The van der Waals surface area contributed by atoms with Crippen molar-refractivity contribution in [3.05, 3.63) is 65.2 Å². The Kier molecular flexibility index (Phi) is 4.63. The molecule has 120 valence electrons. The number of morpholine rings is 1. The number of rotatable bonds is 2. The quantitative estimate of drug-likeness (QED) is 0.914.